The van der Waals surface area contributed by atoms with Gasteiger partial charge in [0.05, 0.1) is 12.7 Å². The molecule has 0 radical (unpaired) electrons. The van der Waals surface area contributed by atoms with Gasteiger partial charge in [-0.1, -0.05) is 36.2 Å². The van der Waals surface area contributed by atoms with E-state index in [2.05, 4.69) is 49.7 Å². The zero-order chi connectivity index (χ0) is 33.1. The van der Waals surface area contributed by atoms with E-state index < -0.39 is 5.60 Å². The topological polar surface area (TPSA) is 65.6 Å². The van der Waals surface area contributed by atoms with Crippen molar-refractivity contribution >= 4 is 50.9 Å². The molecule has 10 heteroatoms. The zero-order valence-electron chi connectivity index (χ0n) is 27.9. The van der Waals surface area contributed by atoms with E-state index in [1.807, 2.05) is 56.0 Å². The molecule has 1 atom stereocenters. The van der Waals surface area contributed by atoms with Gasteiger partial charge in [-0.3, -0.25) is 9.80 Å². The summed E-state index contributed by atoms with van der Waals surface area (Å²) in [5, 5.41) is 0.759. The Morgan fingerprint density at radius 2 is 1.59 bits per heavy atom. The number of rotatable bonds is 7. The molecule has 1 amide bonds. The minimum atomic E-state index is -0.476. The molecule has 2 heterocycles. The zero-order valence-corrected chi connectivity index (χ0v) is 30.3. The van der Waals surface area contributed by atoms with E-state index in [0.717, 1.165) is 86.8 Å². The molecule has 2 aliphatic heterocycles. The summed E-state index contributed by atoms with van der Waals surface area (Å²) in [6.07, 6.45) is 3.04. The highest BCUT2D eigenvalue weighted by molar-refractivity contribution is 9.10. The number of hydrogen-bond acceptors (Lipinski definition) is 7. The largest absolute Gasteiger partial charge is 0.465 e. The first kappa shape index (κ1) is 34.7. The lowest BCUT2D eigenvalue weighted by molar-refractivity contribution is 0.0106. The van der Waals surface area contributed by atoms with Crippen molar-refractivity contribution in [3.8, 4) is 0 Å². The molecular formula is C36H48BrClN4O4. The summed E-state index contributed by atoms with van der Waals surface area (Å²) in [5.41, 5.74) is 5.59. The van der Waals surface area contributed by atoms with Crippen LogP contribution in [-0.4, -0.2) is 105 Å². The molecule has 0 bridgehead atoms. The number of methoxy groups -OCH3 is 1. The Morgan fingerprint density at radius 1 is 0.935 bits per heavy atom. The van der Waals surface area contributed by atoms with Crippen LogP contribution in [0.25, 0.3) is 5.57 Å². The van der Waals surface area contributed by atoms with Gasteiger partial charge in [-0.25, -0.2) is 9.59 Å². The van der Waals surface area contributed by atoms with Crippen molar-refractivity contribution in [2.45, 2.75) is 52.6 Å². The second kappa shape index (κ2) is 14.7. The summed E-state index contributed by atoms with van der Waals surface area (Å²) < 4.78 is 11.3. The maximum Gasteiger partial charge on any atom is 0.410 e. The van der Waals surface area contributed by atoms with Crippen LogP contribution in [0.5, 0.6) is 0 Å². The molecule has 5 rings (SSSR count). The highest BCUT2D eigenvalue weighted by atomic mass is 79.9. The van der Waals surface area contributed by atoms with Crippen LogP contribution in [0.1, 0.15) is 62.9 Å². The molecular weight excluding hydrogens is 668 g/mol. The van der Waals surface area contributed by atoms with Crippen LogP contribution in [0, 0.1) is 5.41 Å². The Morgan fingerprint density at radius 3 is 2.20 bits per heavy atom. The number of anilines is 1. The van der Waals surface area contributed by atoms with Gasteiger partial charge in [0.15, 0.2) is 0 Å². The van der Waals surface area contributed by atoms with Gasteiger partial charge in [-0.05, 0) is 103 Å². The average molecular weight is 716 g/mol. The smallest absolute Gasteiger partial charge is 0.410 e. The number of ether oxygens (including phenoxy) is 2. The van der Waals surface area contributed by atoms with Crippen molar-refractivity contribution in [3.63, 3.8) is 0 Å². The number of allylic oxidation sites excluding steroid dienone is 1. The molecule has 0 aromatic heterocycles. The monoisotopic (exact) mass is 714 g/mol. The summed E-state index contributed by atoms with van der Waals surface area (Å²) in [7, 11) is 1.40. The number of esters is 1. The van der Waals surface area contributed by atoms with Gasteiger partial charge >= 0.3 is 12.1 Å². The number of carbonyl (C=O) groups excluding carboxylic acids is 2. The Kier molecular flexibility index (Phi) is 11.1. The molecule has 0 N–H and O–H groups in total. The number of piperazine rings is 2. The molecule has 0 saturated carbocycles. The quantitative estimate of drug-likeness (QED) is 0.281. The Balaban J connectivity index is 1.23. The number of benzene rings is 2. The maximum absolute atomic E-state index is 12.6. The number of carbonyl (C=O) groups is 2. The summed E-state index contributed by atoms with van der Waals surface area (Å²) in [6.45, 7) is 17.1. The number of hydrogen-bond donors (Lipinski definition) is 0. The average Bonchev–Trinajstić information content (AvgIpc) is 3.02. The lowest BCUT2D eigenvalue weighted by atomic mass is 9.70. The van der Waals surface area contributed by atoms with Gasteiger partial charge in [0.25, 0.3) is 0 Å². The molecule has 250 valence electrons. The molecule has 2 aromatic carbocycles. The molecule has 8 nitrogen and oxygen atoms in total. The van der Waals surface area contributed by atoms with Crippen LogP contribution in [-0.2, 0) is 9.47 Å². The van der Waals surface area contributed by atoms with Crippen molar-refractivity contribution < 1.29 is 19.1 Å². The molecule has 2 saturated heterocycles. The Hall–Kier alpha value is -2.59. The first-order valence-corrected chi connectivity index (χ1v) is 17.5. The van der Waals surface area contributed by atoms with E-state index in [1.54, 1.807) is 0 Å². The van der Waals surface area contributed by atoms with Crippen LogP contribution >= 0.6 is 27.5 Å². The fourth-order valence-corrected chi connectivity index (χ4v) is 7.53. The third-order valence-electron chi connectivity index (χ3n) is 9.39. The molecule has 1 unspecified atom stereocenters. The highest BCUT2D eigenvalue weighted by Crippen LogP contribution is 2.44. The van der Waals surface area contributed by atoms with Crippen molar-refractivity contribution in [2.75, 3.05) is 77.5 Å². The van der Waals surface area contributed by atoms with Crippen LogP contribution in [0.15, 0.2) is 52.5 Å². The molecule has 1 aliphatic carbocycles. The molecule has 2 fully saturated rings. The van der Waals surface area contributed by atoms with Gasteiger partial charge in [-0.15, -0.1) is 0 Å². The summed E-state index contributed by atoms with van der Waals surface area (Å²) in [5.74, 6) is -0.336. The second-order valence-electron chi connectivity index (χ2n) is 14.2. The van der Waals surface area contributed by atoms with E-state index in [1.165, 1.54) is 23.8 Å². The summed E-state index contributed by atoms with van der Waals surface area (Å²) in [6, 6.07) is 14.2. The normalized spacial score (nSPS) is 21.8. The third-order valence-corrected chi connectivity index (χ3v) is 10.3. The fourth-order valence-electron chi connectivity index (χ4n) is 6.88. The first-order chi connectivity index (χ1) is 21.8. The fraction of sp³-hybridized carbons (Fsp3) is 0.556. The molecule has 3 aliphatic rings. The van der Waals surface area contributed by atoms with Crippen molar-refractivity contribution in [2.24, 2.45) is 5.41 Å². The lowest BCUT2D eigenvalue weighted by Gasteiger charge is -2.44. The van der Waals surface area contributed by atoms with Gasteiger partial charge < -0.3 is 19.3 Å². The molecule has 2 aromatic rings. The number of nitrogens with zero attached hydrogens (tertiary/aromatic N) is 4. The SMILES string of the molecule is COC(=O)c1ccc(N2CCN(CC3=C(c4ccc(Cl)cc4)CC(C)(CN4CCN(C(=O)OC(C)(C)C)CC4)CC3)CC2)cc1Br. The van der Waals surface area contributed by atoms with Gasteiger partial charge in [0.2, 0.25) is 0 Å². The predicted molar refractivity (Wildman–Crippen MR) is 189 cm³/mol. The van der Waals surface area contributed by atoms with Gasteiger partial charge in [-0.2, -0.15) is 0 Å². The van der Waals surface area contributed by atoms with E-state index in [0.29, 0.717) is 18.7 Å². The van der Waals surface area contributed by atoms with Crippen LogP contribution in [0.2, 0.25) is 5.02 Å². The maximum atomic E-state index is 12.6. The third kappa shape index (κ3) is 8.85. The molecule has 46 heavy (non-hydrogen) atoms. The number of amides is 1. The summed E-state index contributed by atoms with van der Waals surface area (Å²) in [4.78, 5) is 33.9. The standard InChI is InChI=1S/C36H48BrClN4O4/c1-35(2,3)46-34(44)42-20-16-40(17-21-42)25-36(4)13-12-27(31(23-36)26-6-8-28(38)9-7-26)24-39-14-18-41(19-15-39)29-10-11-30(32(37)22-29)33(43)45-5/h6-11,22H,12-21,23-25H2,1-5H3. The van der Waals surface area contributed by atoms with E-state index in [9.17, 15) is 9.59 Å². The first-order valence-electron chi connectivity index (χ1n) is 16.3. The van der Waals surface area contributed by atoms with Gasteiger partial charge in [0.1, 0.15) is 5.60 Å². The lowest BCUT2D eigenvalue weighted by Crippen LogP contribution is -2.52. The Labute approximate surface area is 287 Å². The highest BCUT2D eigenvalue weighted by Gasteiger charge is 2.36. The predicted octanol–water partition coefficient (Wildman–Crippen LogP) is 7.21. The van der Waals surface area contributed by atoms with Crippen LogP contribution < -0.4 is 4.90 Å². The van der Waals surface area contributed by atoms with Crippen LogP contribution in [0.4, 0.5) is 10.5 Å². The Bertz CT molecular complexity index is 1430. The summed E-state index contributed by atoms with van der Waals surface area (Å²) >= 11 is 9.85. The van der Waals surface area contributed by atoms with Crippen molar-refractivity contribution in [1.29, 1.82) is 0 Å². The van der Waals surface area contributed by atoms with E-state index >= 15 is 0 Å². The van der Waals surface area contributed by atoms with Crippen molar-refractivity contribution in [3.05, 3.63) is 68.7 Å². The minimum Gasteiger partial charge on any atom is -0.465 e. The van der Waals surface area contributed by atoms with E-state index in [4.69, 9.17) is 21.1 Å². The minimum absolute atomic E-state index is 0.148. The second-order valence-corrected chi connectivity index (χ2v) is 15.5. The number of halogens is 2. The van der Waals surface area contributed by atoms with Crippen LogP contribution in [0.3, 0.4) is 0 Å². The van der Waals surface area contributed by atoms with Gasteiger partial charge in [0, 0.05) is 80.6 Å². The van der Waals surface area contributed by atoms with Crippen molar-refractivity contribution in [1.82, 2.24) is 14.7 Å². The molecule has 0 spiro atoms. The van der Waals surface area contributed by atoms with E-state index in [-0.39, 0.29) is 17.5 Å².